The van der Waals surface area contributed by atoms with Crippen LogP contribution in [0.5, 0.6) is 0 Å². The van der Waals surface area contributed by atoms with Gasteiger partial charge in [-0.15, -0.1) is 0 Å². The molecule has 0 saturated carbocycles. The second-order valence-corrected chi connectivity index (χ2v) is 7.52. The molecular formula is C21H26N2O2. The van der Waals surface area contributed by atoms with Crippen LogP contribution in [-0.4, -0.2) is 18.2 Å². The molecule has 1 aliphatic rings. The third-order valence-corrected chi connectivity index (χ3v) is 4.22. The molecule has 132 valence electrons. The molecule has 0 saturated heterocycles. The van der Waals surface area contributed by atoms with Crippen LogP contribution in [0.15, 0.2) is 48.5 Å². The van der Waals surface area contributed by atoms with Crippen LogP contribution in [0.1, 0.15) is 43.6 Å². The normalized spacial score (nSPS) is 14.4. The Morgan fingerprint density at radius 2 is 1.92 bits per heavy atom. The fraction of sp³-hybridized carbons (Fsp3) is 0.381. The first kappa shape index (κ1) is 17.3. The van der Waals surface area contributed by atoms with E-state index in [0.29, 0.717) is 6.42 Å². The van der Waals surface area contributed by atoms with E-state index < -0.39 is 0 Å². The Bertz CT molecular complexity index is 735. The number of benzene rings is 2. The summed E-state index contributed by atoms with van der Waals surface area (Å²) in [7, 11) is 0. The van der Waals surface area contributed by atoms with Gasteiger partial charge in [0, 0.05) is 29.8 Å². The van der Waals surface area contributed by atoms with Gasteiger partial charge in [0.1, 0.15) is 6.10 Å². The molecular weight excluding hydrogens is 312 g/mol. The highest BCUT2D eigenvalue weighted by atomic mass is 16.6. The fourth-order valence-corrected chi connectivity index (χ4v) is 3.14. The van der Waals surface area contributed by atoms with Crippen LogP contribution in [0.4, 0.5) is 10.5 Å². The lowest BCUT2D eigenvalue weighted by molar-refractivity contribution is 0.0913. The average molecular weight is 338 g/mol. The van der Waals surface area contributed by atoms with Crippen molar-refractivity contribution in [1.29, 1.82) is 0 Å². The van der Waals surface area contributed by atoms with Gasteiger partial charge < -0.3 is 15.4 Å². The van der Waals surface area contributed by atoms with Crippen molar-refractivity contribution in [2.45, 2.75) is 45.3 Å². The summed E-state index contributed by atoms with van der Waals surface area (Å²) in [4.78, 5) is 12.4. The molecule has 1 atom stereocenters. The number of amides is 1. The van der Waals surface area contributed by atoms with Crippen molar-refractivity contribution < 1.29 is 9.53 Å². The Morgan fingerprint density at radius 3 is 2.64 bits per heavy atom. The quantitative estimate of drug-likeness (QED) is 0.865. The van der Waals surface area contributed by atoms with E-state index >= 15 is 0 Å². The summed E-state index contributed by atoms with van der Waals surface area (Å²) < 4.78 is 5.85. The zero-order chi connectivity index (χ0) is 17.9. The molecule has 1 heterocycles. The second kappa shape index (κ2) is 7.18. The molecule has 1 amide bonds. The van der Waals surface area contributed by atoms with Crippen molar-refractivity contribution in [1.82, 2.24) is 5.32 Å². The lowest BCUT2D eigenvalue weighted by atomic mass is 9.97. The van der Waals surface area contributed by atoms with Crippen LogP contribution >= 0.6 is 0 Å². The molecule has 0 aliphatic carbocycles. The first-order valence-electron chi connectivity index (χ1n) is 8.81. The van der Waals surface area contributed by atoms with Crippen molar-refractivity contribution in [2.75, 3.05) is 11.9 Å². The second-order valence-electron chi connectivity index (χ2n) is 7.52. The summed E-state index contributed by atoms with van der Waals surface area (Å²) in [5, 5.41) is 6.34. The van der Waals surface area contributed by atoms with Gasteiger partial charge in [0.25, 0.3) is 0 Å². The number of ether oxygens (including phenoxy) is 1. The number of nitrogens with one attached hydrogen (secondary N) is 2. The zero-order valence-corrected chi connectivity index (χ0v) is 15.1. The Hall–Kier alpha value is -2.49. The van der Waals surface area contributed by atoms with Gasteiger partial charge in [-0.1, -0.05) is 48.5 Å². The Morgan fingerprint density at radius 1 is 1.16 bits per heavy atom. The maximum Gasteiger partial charge on any atom is 0.408 e. The highest BCUT2D eigenvalue weighted by Crippen LogP contribution is 2.34. The van der Waals surface area contributed by atoms with Gasteiger partial charge in [-0.3, -0.25) is 0 Å². The van der Waals surface area contributed by atoms with E-state index in [1.807, 2.05) is 45.0 Å². The summed E-state index contributed by atoms with van der Waals surface area (Å²) in [5.74, 6) is 0. The smallest absolute Gasteiger partial charge is 0.408 e. The largest absolute Gasteiger partial charge is 0.441 e. The number of anilines is 1. The molecule has 4 nitrogen and oxygen atoms in total. The number of rotatable bonds is 4. The van der Waals surface area contributed by atoms with Gasteiger partial charge in [0.15, 0.2) is 0 Å². The Balaban J connectivity index is 1.87. The van der Waals surface area contributed by atoms with Gasteiger partial charge >= 0.3 is 6.09 Å². The molecule has 2 aromatic rings. The number of alkyl carbamates (subject to hydrolysis) is 1. The summed E-state index contributed by atoms with van der Waals surface area (Å²) in [6.07, 6.45) is 0.945. The standard InChI is InChI=1S/C21H26N2O2/c1-21(2,3)23-20(24)25-18(14-15-8-5-4-6-9-15)17-11-7-10-16-12-13-22-19(16)17/h4-11,18,22H,12-14H2,1-3H3,(H,23,24). The van der Waals surface area contributed by atoms with Crippen molar-refractivity contribution >= 4 is 11.8 Å². The third kappa shape index (κ3) is 4.53. The van der Waals surface area contributed by atoms with Crippen LogP contribution in [0.25, 0.3) is 0 Å². The molecule has 0 fully saturated rings. The summed E-state index contributed by atoms with van der Waals surface area (Å²) in [6, 6.07) is 16.4. The molecule has 1 aliphatic heterocycles. The lowest BCUT2D eigenvalue weighted by Gasteiger charge is -2.25. The predicted molar refractivity (Wildman–Crippen MR) is 101 cm³/mol. The summed E-state index contributed by atoms with van der Waals surface area (Å²) in [5.41, 5.74) is 4.27. The lowest BCUT2D eigenvalue weighted by Crippen LogP contribution is -2.41. The minimum Gasteiger partial charge on any atom is -0.441 e. The number of hydrogen-bond donors (Lipinski definition) is 2. The maximum atomic E-state index is 12.4. The maximum absolute atomic E-state index is 12.4. The molecule has 1 unspecified atom stereocenters. The van der Waals surface area contributed by atoms with Gasteiger partial charge in [-0.2, -0.15) is 0 Å². The van der Waals surface area contributed by atoms with Crippen molar-refractivity contribution in [3.63, 3.8) is 0 Å². The van der Waals surface area contributed by atoms with E-state index in [-0.39, 0.29) is 17.7 Å². The van der Waals surface area contributed by atoms with Crippen molar-refractivity contribution in [3.8, 4) is 0 Å². The molecule has 0 aromatic heterocycles. The van der Waals surface area contributed by atoms with Gasteiger partial charge in [0.05, 0.1) is 0 Å². The predicted octanol–water partition coefficient (Wildman–Crippen LogP) is 4.46. The SMILES string of the molecule is CC(C)(C)NC(=O)OC(Cc1ccccc1)c1cccc2c1NCC2. The number of fused-ring (bicyclic) bond motifs is 1. The highest BCUT2D eigenvalue weighted by molar-refractivity contribution is 5.69. The third-order valence-electron chi connectivity index (χ3n) is 4.22. The molecule has 2 N–H and O–H groups in total. The van der Waals surface area contributed by atoms with E-state index in [9.17, 15) is 4.79 Å². The van der Waals surface area contributed by atoms with Crippen LogP contribution in [0.3, 0.4) is 0 Å². The molecule has 0 radical (unpaired) electrons. The Kier molecular flexibility index (Phi) is 4.98. The number of carbonyl (C=O) groups excluding carboxylic acids is 1. The number of para-hydroxylation sites is 1. The summed E-state index contributed by atoms with van der Waals surface area (Å²) in [6.45, 7) is 6.77. The molecule has 25 heavy (non-hydrogen) atoms. The van der Waals surface area contributed by atoms with Gasteiger partial charge in [-0.05, 0) is 38.3 Å². The minimum absolute atomic E-state index is 0.328. The number of carbonyl (C=O) groups is 1. The number of hydrogen-bond acceptors (Lipinski definition) is 3. The van der Waals surface area contributed by atoms with E-state index in [4.69, 9.17) is 4.74 Å². The van der Waals surface area contributed by atoms with E-state index in [1.54, 1.807) is 0 Å². The molecule has 0 bridgehead atoms. The topological polar surface area (TPSA) is 50.4 Å². The van der Waals surface area contributed by atoms with Crippen LogP contribution in [0.2, 0.25) is 0 Å². The van der Waals surface area contributed by atoms with Gasteiger partial charge in [-0.25, -0.2) is 4.79 Å². The van der Waals surface area contributed by atoms with Crippen LogP contribution in [-0.2, 0) is 17.6 Å². The zero-order valence-electron chi connectivity index (χ0n) is 15.1. The Labute approximate surface area is 149 Å². The molecule has 3 rings (SSSR count). The van der Waals surface area contributed by atoms with E-state index in [1.165, 1.54) is 5.56 Å². The van der Waals surface area contributed by atoms with E-state index in [0.717, 1.165) is 29.8 Å². The first-order chi connectivity index (χ1) is 11.9. The minimum atomic E-state index is -0.385. The molecule has 0 spiro atoms. The van der Waals surface area contributed by atoms with Gasteiger partial charge in [0.2, 0.25) is 0 Å². The first-order valence-corrected chi connectivity index (χ1v) is 8.81. The average Bonchev–Trinajstić information content (AvgIpc) is 3.02. The monoisotopic (exact) mass is 338 g/mol. The van der Waals surface area contributed by atoms with Crippen LogP contribution in [0, 0.1) is 0 Å². The van der Waals surface area contributed by atoms with Crippen LogP contribution < -0.4 is 10.6 Å². The summed E-state index contributed by atoms with van der Waals surface area (Å²) >= 11 is 0. The van der Waals surface area contributed by atoms with Crippen molar-refractivity contribution in [3.05, 3.63) is 65.2 Å². The van der Waals surface area contributed by atoms with Crippen molar-refractivity contribution in [2.24, 2.45) is 0 Å². The highest BCUT2D eigenvalue weighted by Gasteiger charge is 2.25. The fourth-order valence-electron chi connectivity index (χ4n) is 3.14. The van der Waals surface area contributed by atoms with E-state index in [2.05, 4.69) is 34.9 Å². The molecule has 2 aromatic carbocycles. The molecule has 4 heteroatoms.